The highest BCUT2D eigenvalue weighted by Crippen LogP contribution is 2.25. The summed E-state index contributed by atoms with van der Waals surface area (Å²) in [4.78, 5) is 27.8. The molecule has 2 aromatic carbocycles. The molecule has 0 spiro atoms. The lowest BCUT2D eigenvalue weighted by Crippen LogP contribution is -2.33. The third-order valence-corrected chi connectivity index (χ3v) is 5.41. The van der Waals surface area contributed by atoms with Crippen LogP contribution in [0, 0.1) is 0 Å². The molecule has 0 saturated heterocycles. The van der Waals surface area contributed by atoms with Crippen LogP contribution in [-0.4, -0.2) is 40.3 Å². The topological polar surface area (TPSA) is 60.9 Å². The second-order valence-electron chi connectivity index (χ2n) is 6.52. The first kappa shape index (κ1) is 20.5. The van der Waals surface area contributed by atoms with Gasteiger partial charge in [0.1, 0.15) is 0 Å². The Kier molecular flexibility index (Phi) is 6.18. The van der Waals surface area contributed by atoms with Crippen molar-refractivity contribution in [2.75, 3.05) is 13.6 Å². The second kappa shape index (κ2) is 8.43. The Balaban J connectivity index is 1.91. The SMILES string of the molecule is CN1CC(C(=O)N(Cc2ccc(Cl)cc2)Cc2ccc(Cl)c(Cl)c2)=C(O)C1=O. The van der Waals surface area contributed by atoms with Gasteiger partial charge in [0.05, 0.1) is 22.2 Å². The normalized spacial score (nSPS) is 14.0. The highest BCUT2D eigenvalue weighted by atomic mass is 35.5. The lowest BCUT2D eigenvalue weighted by Gasteiger charge is -2.24. The molecule has 3 rings (SSSR count). The van der Waals surface area contributed by atoms with Crippen LogP contribution in [0.1, 0.15) is 11.1 Å². The fraction of sp³-hybridized carbons (Fsp3) is 0.200. The summed E-state index contributed by atoms with van der Waals surface area (Å²) in [6.07, 6.45) is 0. The maximum atomic E-state index is 13.1. The summed E-state index contributed by atoms with van der Waals surface area (Å²) in [6.45, 7) is 0.556. The molecule has 1 N–H and O–H groups in total. The zero-order valence-corrected chi connectivity index (χ0v) is 17.2. The molecular weight excluding hydrogens is 423 g/mol. The van der Waals surface area contributed by atoms with Gasteiger partial charge in [0.25, 0.3) is 11.8 Å². The van der Waals surface area contributed by atoms with Gasteiger partial charge in [-0.15, -0.1) is 0 Å². The summed E-state index contributed by atoms with van der Waals surface area (Å²) in [5, 5.41) is 11.5. The van der Waals surface area contributed by atoms with Gasteiger partial charge >= 0.3 is 0 Å². The van der Waals surface area contributed by atoms with Crippen molar-refractivity contribution in [3.8, 4) is 0 Å². The molecule has 0 unspecified atom stereocenters. The molecule has 1 heterocycles. The molecule has 0 aliphatic carbocycles. The number of carbonyl (C=O) groups is 2. The fourth-order valence-corrected chi connectivity index (χ4v) is 3.37. The number of aliphatic hydroxyl groups is 1. The van der Waals surface area contributed by atoms with Crippen LogP contribution in [0.5, 0.6) is 0 Å². The zero-order valence-electron chi connectivity index (χ0n) is 15.0. The van der Waals surface area contributed by atoms with Crippen molar-refractivity contribution in [1.82, 2.24) is 9.80 Å². The molecule has 28 heavy (non-hydrogen) atoms. The van der Waals surface area contributed by atoms with Gasteiger partial charge in [0.2, 0.25) is 0 Å². The van der Waals surface area contributed by atoms with E-state index in [2.05, 4.69) is 0 Å². The van der Waals surface area contributed by atoms with Gasteiger partial charge < -0.3 is 14.9 Å². The van der Waals surface area contributed by atoms with Crippen LogP contribution >= 0.6 is 34.8 Å². The lowest BCUT2D eigenvalue weighted by atomic mass is 10.1. The third-order valence-electron chi connectivity index (χ3n) is 4.42. The molecule has 8 heteroatoms. The maximum absolute atomic E-state index is 13.1. The number of benzene rings is 2. The van der Waals surface area contributed by atoms with Crippen molar-refractivity contribution < 1.29 is 14.7 Å². The van der Waals surface area contributed by atoms with Crippen LogP contribution in [0.3, 0.4) is 0 Å². The molecule has 1 aliphatic rings. The van der Waals surface area contributed by atoms with E-state index in [9.17, 15) is 14.7 Å². The first-order chi connectivity index (χ1) is 13.3. The number of nitrogens with zero attached hydrogens (tertiary/aromatic N) is 2. The average molecular weight is 440 g/mol. The van der Waals surface area contributed by atoms with Crippen LogP contribution in [0.25, 0.3) is 0 Å². The Morgan fingerprint density at radius 2 is 1.64 bits per heavy atom. The predicted octanol–water partition coefficient (Wildman–Crippen LogP) is 4.46. The highest BCUT2D eigenvalue weighted by Gasteiger charge is 2.34. The second-order valence-corrected chi connectivity index (χ2v) is 7.78. The van der Waals surface area contributed by atoms with Crippen LogP contribution in [-0.2, 0) is 22.7 Å². The van der Waals surface area contributed by atoms with Crippen LogP contribution in [0.4, 0.5) is 0 Å². The van der Waals surface area contributed by atoms with Gasteiger partial charge in [-0.3, -0.25) is 9.59 Å². The number of aliphatic hydroxyl groups excluding tert-OH is 1. The molecule has 0 atom stereocenters. The van der Waals surface area contributed by atoms with E-state index in [4.69, 9.17) is 34.8 Å². The van der Waals surface area contributed by atoms with E-state index in [0.717, 1.165) is 11.1 Å². The standard InChI is InChI=1S/C20H17Cl3N2O3/c1-24-11-15(18(26)20(24)28)19(27)25(9-12-2-5-14(21)6-3-12)10-13-4-7-16(22)17(23)8-13/h2-8,26H,9-11H2,1H3. The van der Waals surface area contributed by atoms with Gasteiger partial charge in [-0.25, -0.2) is 0 Å². The van der Waals surface area contributed by atoms with Crippen LogP contribution in [0.2, 0.25) is 15.1 Å². The molecule has 0 aromatic heterocycles. The lowest BCUT2D eigenvalue weighted by molar-refractivity contribution is -0.128. The quantitative estimate of drug-likeness (QED) is 0.748. The van der Waals surface area contributed by atoms with Crippen LogP contribution in [0.15, 0.2) is 53.8 Å². The summed E-state index contributed by atoms with van der Waals surface area (Å²) >= 11 is 18.0. The number of halogens is 3. The van der Waals surface area contributed by atoms with Crippen LogP contribution < -0.4 is 0 Å². The smallest absolute Gasteiger partial charge is 0.289 e. The summed E-state index contributed by atoms with van der Waals surface area (Å²) < 4.78 is 0. The zero-order chi connectivity index (χ0) is 20.4. The average Bonchev–Trinajstić information content (AvgIpc) is 2.92. The molecule has 1 aliphatic heterocycles. The van der Waals surface area contributed by atoms with Gasteiger partial charge in [-0.2, -0.15) is 0 Å². The first-order valence-corrected chi connectivity index (χ1v) is 9.55. The minimum absolute atomic E-state index is 0.0575. The number of likely N-dealkylation sites (N-methyl/N-ethyl adjacent to an activating group) is 1. The van der Waals surface area contributed by atoms with Gasteiger partial charge in [-0.1, -0.05) is 53.0 Å². The minimum atomic E-state index is -0.565. The van der Waals surface area contributed by atoms with Gasteiger partial charge in [-0.05, 0) is 35.4 Å². The maximum Gasteiger partial charge on any atom is 0.289 e. The Labute approximate surface area is 177 Å². The Bertz CT molecular complexity index is 958. The Morgan fingerprint density at radius 3 is 2.21 bits per heavy atom. The molecule has 146 valence electrons. The van der Waals surface area contributed by atoms with E-state index in [0.29, 0.717) is 15.1 Å². The van der Waals surface area contributed by atoms with Crippen molar-refractivity contribution in [3.05, 3.63) is 80.0 Å². The molecule has 0 radical (unpaired) electrons. The van der Waals surface area contributed by atoms with Gasteiger partial charge in [0.15, 0.2) is 5.76 Å². The molecule has 0 bridgehead atoms. The van der Waals surface area contributed by atoms with E-state index in [1.807, 2.05) is 12.1 Å². The third kappa shape index (κ3) is 4.43. The van der Waals surface area contributed by atoms with Gasteiger partial charge in [0, 0.05) is 25.2 Å². The minimum Gasteiger partial charge on any atom is -0.503 e. The highest BCUT2D eigenvalue weighted by molar-refractivity contribution is 6.42. The van der Waals surface area contributed by atoms with E-state index in [1.54, 1.807) is 35.2 Å². The van der Waals surface area contributed by atoms with Crippen molar-refractivity contribution in [2.24, 2.45) is 0 Å². The van der Waals surface area contributed by atoms with E-state index < -0.39 is 17.6 Å². The molecule has 2 aromatic rings. The van der Waals surface area contributed by atoms with Crippen molar-refractivity contribution in [3.63, 3.8) is 0 Å². The van der Waals surface area contributed by atoms with E-state index in [-0.39, 0.29) is 25.2 Å². The van der Waals surface area contributed by atoms with E-state index in [1.165, 1.54) is 11.9 Å². The number of hydrogen-bond acceptors (Lipinski definition) is 3. The number of carbonyl (C=O) groups excluding carboxylic acids is 2. The molecule has 0 fully saturated rings. The van der Waals surface area contributed by atoms with E-state index >= 15 is 0 Å². The largest absolute Gasteiger partial charge is 0.503 e. The predicted molar refractivity (Wildman–Crippen MR) is 109 cm³/mol. The summed E-state index contributed by atoms with van der Waals surface area (Å²) in [5.74, 6) is -1.50. The molecule has 2 amide bonds. The van der Waals surface area contributed by atoms with Crippen molar-refractivity contribution in [1.29, 1.82) is 0 Å². The number of hydrogen-bond donors (Lipinski definition) is 1. The summed E-state index contributed by atoms with van der Waals surface area (Å²) in [7, 11) is 1.53. The molecule has 5 nitrogen and oxygen atoms in total. The van der Waals surface area contributed by atoms with Crippen molar-refractivity contribution in [2.45, 2.75) is 13.1 Å². The monoisotopic (exact) mass is 438 g/mol. The fourth-order valence-electron chi connectivity index (χ4n) is 2.92. The number of rotatable bonds is 5. The first-order valence-electron chi connectivity index (χ1n) is 8.41. The van der Waals surface area contributed by atoms with Crippen molar-refractivity contribution >= 4 is 46.6 Å². The number of amides is 2. The Morgan fingerprint density at radius 1 is 1.04 bits per heavy atom. The molecular formula is C20H17Cl3N2O3. The summed E-state index contributed by atoms with van der Waals surface area (Å²) in [6, 6.07) is 12.2. The summed E-state index contributed by atoms with van der Waals surface area (Å²) in [5.41, 5.74) is 1.70. The molecule has 0 saturated carbocycles. The Hall–Kier alpha value is -2.21.